The molecule has 0 saturated heterocycles. The molecule has 1 heterocycles. The minimum atomic E-state index is -2.50. The third-order valence-electron chi connectivity index (χ3n) is 2.95. The van der Waals surface area contributed by atoms with Gasteiger partial charge >= 0.3 is 0 Å². The molecule has 1 aromatic heterocycles. The van der Waals surface area contributed by atoms with E-state index in [2.05, 4.69) is 0 Å². The van der Waals surface area contributed by atoms with Crippen molar-refractivity contribution in [2.24, 2.45) is 5.92 Å². The van der Waals surface area contributed by atoms with Gasteiger partial charge < -0.3 is 4.57 Å². The van der Waals surface area contributed by atoms with Gasteiger partial charge in [-0.3, -0.25) is 4.79 Å². The molecule has 1 aliphatic rings. The standard InChI is InChI=1S/C11H13F2NO/c12-11(13)4-3-9(6-11)7-14-5-1-2-10(14)8-15/h1-2,5,8-9H,3-4,6-7H2. The molecule has 0 aliphatic heterocycles. The molecule has 0 amide bonds. The molecule has 1 atom stereocenters. The maximum Gasteiger partial charge on any atom is 0.248 e. The van der Waals surface area contributed by atoms with Gasteiger partial charge in [-0.1, -0.05) is 0 Å². The van der Waals surface area contributed by atoms with E-state index in [1.54, 1.807) is 22.9 Å². The maximum atomic E-state index is 12.9. The predicted molar refractivity (Wildman–Crippen MR) is 52.1 cm³/mol. The highest BCUT2D eigenvalue weighted by molar-refractivity contribution is 5.72. The van der Waals surface area contributed by atoms with Gasteiger partial charge in [0.25, 0.3) is 0 Å². The summed E-state index contributed by atoms with van der Waals surface area (Å²) >= 11 is 0. The molecule has 1 aliphatic carbocycles. The summed E-state index contributed by atoms with van der Waals surface area (Å²) in [5.41, 5.74) is 0.560. The van der Waals surface area contributed by atoms with Crippen molar-refractivity contribution in [1.82, 2.24) is 4.57 Å². The number of hydrogen-bond acceptors (Lipinski definition) is 1. The van der Waals surface area contributed by atoms with Crippen LogP contribution < -0.4 is 0 Å². The predicted octanol–water partition coefficient (Wildman–Crippen LogP) is 2.74. The summed E-state index contributed by atoms with van der Waals surface area (Å²) in [5.74, 6) is -2.51. The number of halogens is 2. The van der Waals surface area contributed by atoms with Crippen LogP contribution in [0.25, 0.3) is 0 Å². The highest BCUT2D eigenvalue weighted by Gasteiger charge is 2.39. The zero-order chi connectivity index (χ0) is 10.9. The van der Waals surface area contributed by atoms with Gasteiger partial charge in [0.15, 0.2) is 6.29 Å². The lowest BCUT2D eigenvalue weighted by atomic mass is 10.1. The van der Waals surface area contributed by atoms with Crippen LogP contribution in [0.2, 0.25) is 0 Å². The molecule has 82 valence electrons. The van der Waals surface area contributed by atoms with Crippen molar-refractivity contribution >= 4 is 6.29 Å². The number of alkyl halides is 2. The number of nitrogens with zero attached hydrogens (tertiary/aromatic N) is 1. The van der Waals surface area contributed by atoms with Crippen LogP contribution in [-0.4, -0.2) is 16.8 Å². The Hall–Kier alpha value is -1.19. The molecule has 2 rings (SSSR count). The van der Waals surface area contributed by atoms with Crippen molar-refractivity contribution in [3.05, 3.63) is 24.0 Å². The van der Waals surface area contributed by atoms with Gasteiger partial charge in [-0.15, -0.1) is 0 Å². The average Bonchev–Trinajstić information content (AvgIpc) is 2.73. The molecule has 0 spiro atoms. The van der Waals surface area contributed by atoms with Crippen LogP contribution in [0.15, 0.2) is 18.3 Å². The molecule has 1 saturated carbocycles. The lowest BCUT2D eigenvalue weighted by molar-refractivity contribution is 0.00436. The van der Waals surface area contributed by atoms with E-state index in [0.29, 0.717) is 18.7 Å². The Kier molecular flexibility index (Phi) is 2.59. The summed E-state index contributed by atoms with van der Waals surface area (Å²) in [6.45, 7) is 0.524. The first-order valence-corrected chi connectivity index (χ1v) is 5.09. The molecule has 1 fully saturated rings. The SMILES string of the molecule is O=Cc1cccn1CC1CCC(F)(F)C1. The van der Waals surface area contributed by atoms with Crippen LogP contribution in [0, 0.1) is 5.92 Å². The monoisotopic (exact) mass is 213 g/mol. The molecule has 0 bridgehead atoms. The van der Waals surface area contributed by atoms with Crippen LogP contribution in [0.3, 0.4) is 0 Å². The van der Waals surface area contributed by atoms with E-state index in [9.17, 15) is 13.6 Å². The van der Waals surface area contributed by atoms with E-state index < -0.39 is 5.92 Å². The van der Waals surface area contributed by atoms with Gasteiger partial charge in [-0.05, 0) is 24.5 Å². The largest absolute Gasteiger partial charge is 0.345 e. The van der Waals surface area contributed by atoms with Crippen LogP contribution >= 0.6 is 0 Å². The van der Waals surface area contributed by atoms with Crippen molar-refractivity contribution < 1.29 is 13.6 Å². The second-order valence-corrected chi connectivity index (χ2v) is 4.17. The van der Waals surface area contributed by atoms with Gasteiger partial charge in [0.2, 0.25) is 5.92 Å². The number of rotatable bonds is 3. The summed E-state index contributed by atoms with van der Waals surface area (Å²) in [7, 11) is 0. The smallest absolute Gasteiger partial charge is 0.248 e. The Labute approximate surface area is 86.9 Å². The maximum absolute atomic E-state index is 12.9. The van der Waals surface area contributed by atoms with Crippen molar-refractivity contribution in [1.29, 1.82) is 0 Å². The first kappa shape index (κ1) is 10.3. The molecule has 1 unspecified atom stereocenters. The topological polar surface area (TPSA) is 22.0 Å². The van der Waals surface area contributed by atoms with E-state index in [1.165, 1.54) is 0 Å². The van der Waals surface area contributed by atoms with Gasteiger partial charge in [-0.2, -0.15) is 0 Å². The van der Waals surface area contributed by atoms with Crippen LogP contribution in [0.1, 0.15) is 29.8 Å². The Morgan fingerprint density at radius 1 is 1.60 bits per heavy atom. The highest BCUT2D eigenvalue weighted by Crippen LogP contribution is 2.39. The number of carbonyl (C=O) groups excluding carboxylic acids is 1. The fourth-order valence-electron chi connectivity index (χ4n) is 2.18. The van der Waals surface area contributed by atoms with E-state index in [1.807, 2.05) is 0 Å². The Bertz CT molecular complexity index is 359. The fourth-order valence-corrected chi connectivity index (χ4v) is 2.18. The average molecular weight is 213 g/mol. The quantitative estimate of drug-likeness (QED) is 0.707. The van der Waals surface area contributed by atoms with E-state index in [4.69, 9.17) is 0 Å². The van der Waals surface area contributed by atoms with Crippen LogP contribution in [-0.2, 0) is 6.54 Å². The molecule has 15 heavy (non-hydrogen) atoms. The summed E-state index contributed by atoms with van der Waals surface area (Å²) < 4.78 is 27.6. The van der Waals surface area contributed by atoms with Gasteiger partial charge in [-0.25, -0.2) is 8.78 Å². The zero-order valence-corrected chi connectivity index (χ0v) is 8.33. The molecule has 4 heteroatoms. The van der Waals surface area contributed by atoms with Gasteiger partial charge in [0, 0.05) is 25.6 Å². The normalized spacial score (nSPS) is 24.3. The molecular formula is C11H13F2NO. The van der Waals surface area contributed by atoms with Crippen molar-refractivity contribution in [2.75, 3.05) is 0 Å². The molecule has 0 radical (unpaired) electrons. The fraction of sp³-hybridized carbons (Fsp3) is 0.545. The summed E-state index contributed by atoms with van der Waals surface area (Å²) in [6.07, 6.45) is 3.00. The van der Waals surface area contributed by atoms with E-state index in [-0.39, 0.29) is 18.8 Å². The van der Waals surface area contributed by atoms with Crippen LogP contribution in [0.4, 0.5) is 8.78 Å². The second kappa shape index (κ2) is 3.76. The van der Waals surface area contributed by atoms with Crippen molar-refractivity contribution in [3.63, 3.8) is 0 Å². The van der Waals surface area contributed by atoms with Crippen molar-refractivity contribution in [2.45, 2.75) is 31.7 Å². The lowest BCUT2D eigenvalue weighted by Gasteiger charge is -2.12. The van der Waals surface area contributed by atoms with E-state index >= 15 is 0 Å². The number of aldehydes is 1. The Morgan fingerprint density at radius 2 is 2.40 bits per heavy atom. The number of hydrogen-bond donors (Lipinski definition) is 0. The Balaban J connectivity index is 2.01. The lowest BCUT2D eigenvalue weighted by Crippen LogP contribution is -2.13. The molecule has 2 nitrogen and oxygen atoms in total. The minimum Gasteiger partial charge on any atom is -0.345 e. The Morgan fingerprint density at radius 3 is 3.00 bits per heavy atom. The molecule has 0 aromatic carbocycles. The third-order valence-corrected chi connectivity index (χ3v) is 2.95. The first-order chi connectivity index (χ1) is 7.11. The summed E-state index contributed by atoms with van der Waals surface area (Å²) in [5, 5.41) is 0. The molecular weight excluding hydrogens is 200 g/mol. The summed E-state index contributed by atoms with van der Waals surface area (Å²) in [4.78, 5) is 10.6. The van der Waals surface area contributed by atoms with Gasteiger partial charge in [0.05, 0.1) is 5.69 Å². The van der Waals surface area contributed by atoms with Gasteiger partial charge in [0.1, 0.15) is 0 Å². The number of carbonyl (C=O) groups is 1. The first-order valence-electron chi connectivity index (χ1n) is 5.09. The molecule has 1 aromatic rings. The summed E-state index contributed by atoms with van der Waals surface area (Å²) in [6, 6.07) is 3.46. The third kappa shape index (κ3) is 2.25. The number of aromatic nitrogens is 1. The van der Waals surface area contributed by atoms with Crippen molar-refractivity contribution in [3.8, 4) is 0 Å². The highest BCUT2D eigenvalue weighted by atomic mass is 19.3. The van der Waals surface area contributed by atoms with Crippen LogP contribution in [0.5, 0.6) is 0 Å². The molecule has 0 N–H and O–H groups in total. The minimum absolute atomic E-state index is 0.00824. The second-order valence-electron chi connectivity index (χ2n) is 4.17. The van der Waals surface area contributed by atoms with E-state index in [0.717, 1.165) is 6.29 Å². The zero-order valence-electron chi connectivity index (χ0n) is 8.33.